The first-order chi connectivity index (χ1) is 9.31. The first-order valence-electron chi connectivity index (χ1n) is 6.23. The highest BCUT2D eigenvalue weighted by atomic mass is 35.5. The molecule has 1 heterocycles. The van der Waals surface area contributed by atoms with Crippen molar-refractivity contribution < 1.29 is 4.74 Å². The van der Waals surface area contributed by atoms with E-state index in [1.807, 2.05) is 24.3 Å². The highest BCUT2D eigenvalue weighted by Crippen LogP contribution is 2.23. The van der Waals surface area contributed by atoms with Crippen molar-refractivity contribution >= 4 is 22.9 Å². The minimum absolute atomic E-state index is 0.421. The van der Waals surface area contributed by atoms with E-state index in [1.165, 1.54) is 24.2 Å². The highest BCUT2D eigenvalue weighted by Gasteiger charge is 2.20. The molecule has 0 amide bonds. The van der Waals surface area contributed by atoms with Crippen LogP contribution in [0.2, 0.25) is 5.02 Å². The Labute approximate surface area is 120 Å². The number of aromatic nitrogens is 2. The van der Waals surface area contributed by atoms with Gasteiger partial charge in [0.05, 0.1) is 6.54 Å². The summed E-state index contributed by atoms with van der Waals surface area (Å²) in [5.74, 6) is 0. The van der Waals surface area contributed by atoms with Gasteiger partial charge >= 0.3 is 0 Å². The molecule has 1 saturated carbocycles. The van der Waals surface area contributed by atoms with Crippen molar-refractivity contribution in [2.45, 2.75) is 32.0 Å². The van der Waals surface area contributed by atoms with E-state index in [0.29, 0.717) is 22.9 Å². The number of hydrogen-bond acceptors (Lipinski definition) is 5. The predicted molar refractivity (Wildman–Crippen MR) is 75.6 cm³/mol. The van der Waals surface area contributed by atoms with E-state index in [9.17, 15) is 0 Å². The molecule has 0 aliphatic heterocycles. The summed E-state index contributed by atoms with van der Waals surface area (Å²) < 4.78 is 5.61. The molecule has 0 saturated heterocycles. The molecule has 6 heteroatoms. The molecule has 1 aromatic carbocycles. The normalized spacial score (nSPS) is 14.6. The van der Waals surface area contributed by atoms with Crippen molar-refractivity contribution in [1.82, 2.24) is 15.5 Å². The summed E-state index contributed by atoms with van der Waals surface area (Å²) in [6.45, 7) is 1.20. The molecule has 1 aromatic heterocycles. The zero-order valence-electron chi connectivity index (χ0n) is 10.3. The van der Waals surface area contributed by atoms with Crippen LogP contribution < -0.4 is 10.1 Å². The molecule has 1 aliphatic carbocycles. The Morgan fingerprint density at radius 3 is 2.95 bits per heavy atom. The molecule has 0 radical (unpaired) electrons. The molecular weight excluding hydrogens is 282 g/mol. The van der Waals surface area contributed by atoms with E-state index >= 15 is 0 Å². The van der Waals surface area contributed by atoms with E-state index < -0.39 is 0 Å². The Hall–Kier alpha value is -1.17. The number of nitrogens with zero attached hydrogens (tertiary/aromatic N) is 2. The van der Waals surface area contributed by atoms with Crippen LogP contribution >= 0.6 is 22.9 Å². The Balaban J connectivity index is 1.53. The van der Waals surface area contributed by atoms with Crippen LogP contribution in [0.15, 0.2) is 24.3 Å². The highest BCUT2D eigenvalue weighted by molar-refractivity contribution is 7.13. The minimum Gasteiger partial charge on any atom is -0.464 e. The van der Waals surface area contributed by atoms with Crippen LogP contribution in [-0.2, 0) is 13.2 Å². The summed E-state index contributed by atoms with van der Waals surface area (Å²) in [5.41, 5.74) is 0.956. The first kappa shape index (κ1) is 12.8. The van der Waals surface area contributed by atoms with Gasteiger partial charge in [-0.3, -0.25) is 0 Å². The number of halogens is 1. The van der Waals surface area contributed by atoms with Gasteiger partial charge in [0.1, 0.15) is 11.6 Å². The molecule has 1 aliphatic rings. The lowest BCUT2D eigenvalue weighted by Crippen LogP contribution is -2.14. The Kier molecular flexibility index (Phi) is 3.96. The van der Waals surface area contributed by atoms with Crippen LogP contribution in [0.5, 0.6) is 5.19 Å². The van der Waals surface area contributed by atoms with Crippen molar-refractivity contribution in [3.63, 3.8) is 0 Å². The molecule has 19 heavy (non-hydrogen) atoms. The number of rotatable bonds is 6. The fourth-order valence-corrected chi connectivity index (χ4v) is 2.47. The average Bonchev–Trinajstić information content (AvgIpc) is 3.14. The average molecular weight is 296 g/mol. The third-order valence-corrected chi connectivity index (χ3v) is 4.08. The van der Waals surface area contributed by atoms with Gasteiger partial charge in [-0.2, -0.15) is 0 Å². The molecule has 0 atom stereocenters. The van der Waals surface area contributed by atoms with Crippen LogP contribution in [0, 0.1) is 0 Å². The van der Waals surface area contributed by atoms with Gasteiger partial charge in [0.25, 0.3) is 5.19 Å². The number of benzene rings is 1. The van der Waals surface area contributed by atoms with Gasteiger partial charge < -0.3 is 10.1 Å². The van der Waals surface area contributed by atoms with Crippen LogP contribution in [0.25, 0.3) is 0 Å². The van der Waals surface area contributed by atoms with Gasteiger partial charge in [-0.15, -0.1) is 5.10 Å². The number of ether oxygens (including phenoxy) is 1. The van der Waals surface area contributed by atoms with Gasteiger partial charge in [0.15, 0.2) is 0 Å². The molecule has 1 N–H and O–H groups in total. The molecule has 1 fully saturated rings. The topological polar surface area (TPSA) is 47.0 Å². The molecule has 2 aromatic rings. The number of nitrogens with one attached hydrogen (secondary N) is 1. The minimum atomic E-state index is 0.421. The number of hydrogen-bond donors (Lipinski definition) is 1. The van der Waals surface area contributed by atoms with Gasteiger partial charge in [-0.1, -0.05) is 46.2 Å². The van der Waals surface area contributed by atoms with E-state index in [-0.39, 0.29) is 0 Å². The third-order valence-electron chi connectivity index (χ3n) is 2.88. The Morgan fingerprint density at radius 1 is 1.32 bits per heavy atom. The SMILES string of the molecule is Clc1ccccc1COc1nnc(CNC2CC2)s1. The Bertz CT molecular complexity index is 556. The van der Waals surface area contributed by atoms with Crippen molar-refractivity contribution in [1.29, 1.82) is 0 Å². The van der Waals surface area contributed by atoms with Gasteiger partial charge in [0, 0.05) is 16.6 Å². The molecule has 0 spiro atoms. The fourth-order valence-electron chi connectivity index (χ4n) is 1.64. The fraction of sp³-hybridized carbons (Fsp3) is 0.385. The predicted octanol–water partition coefficient (Wildman–Crippen LogP) is 3.02. The van der Waals surface area contributed by atoms with E-state index in [0.717, 1.165) is 17.1 Å². The zero-order valence-corrected chi connectivity index (χ0v) is 11.9. The maximum absolute atomic E-state index is 6.06. The molecule has 0 bridgehead atoms. The molecule has 100 valence electrons. The summed E-state index contributed by atoms with van der Waals surface area (Å²) in [6.07, 6.45) is 2.54. The van der Waals surface area contributed by atoms with Gasteiger partial charge in [-0.25, -0.2) is 0 Å². The standard InChI is InChI=1S/C13H14ClN3OS/c14-11-4-2-1-3-9(11)8-18-13-17-16-12(19-13)7-15-10-5-6-10/h1-4,10,15H,5-8H2. The van der Waals surface area contributed by atoms with Crippen molar-refractivity contribution in [3.05, 3.63) is 39.9 Å². The monoisotopic (exact) mass is 295 g/mol. The molecule has 4 nitrogen and oxygen atoms in total. The van der Waals surface area contributed by atoms with Crippen molar-refractivity contribution in [2.75, 3.05) is 0 Å². The second kappa shape index (κ2) is 5.86. The van der Waals surface area contributed by atoms with E-state index in [4.69, 9.17) is 16.3 Å². The summed E-state index contributed by atoms with van der Waals surface area (Å²) >= 11 is 7.54. The Morgan fingerprint density at radius 2 is 2.16 bits per heavy atom. The summed E-state index contributed by atoms with van der Waals surface area (Å²) in [6, 6.07) is 8.31. The van der Waals surface area contributed by atoms with Crippen LogP contribution in [0.3, 0.4) is 0 Å². The van der Waals surface area contributed by atoms with E-state index in [1.54, 1.807) is 0 Å². The van der Waals surface area contributed by atoms with E-state index in [2.05, 4.69) is 15.5 Å². The molecular formula is C13H14ClN3OS. The summed E-state index contributed by atoms with van der Waals surface area (Å²) in [5, 5.41) is 13.8. The second-order valence-corrected chi connectivity index (χ2v) is 5.93. The zero-order chi connectivity index (χ0) is 13.1. The van der Waals surface area contributed by atoms with Gasteiger partial charge in [-0.05, 0) is 18.9 Å². The lowest BCUT2D eigenvalue weighted by Gasteiger charge is -2.03. The maximum Gasteiger partial charge on any atom is 0.294 e. The smallest absolute Gasteiger partial charge is 0.294 e. The second-order valence-electron chi connectivity index (χ2n) is 4.50. The maximum atomic E-state index is 6.06. The van der Waals surface area contributed by atoms with Gasteiger partial charge in [0.2, 0.25) is 0 Å². The van der Waals surface area contributed by atoms with Crippen molar-refractivity contribution in [3.8, 4) is 5.19 Å². The van der Waals surface area contributed by atoms with Crippen LogP contribution in [0.1, 0.15) is 23.4 Å². The third kappa shape index (κ3) is 3.65. The largest absolute Gasteiger partial charge is 0.464 e. The summed E-state index contributed by atoms with van der Waals surface area (Å²) in [4.78, 5) is 0. The summed E-state index contributed by atoms with van der Waals surface area (Å²) in [7, 11) is 0. The van der Waals surface area contributed by atoms with Crippen LogP contribution in [-0.4, -0.2) is 16.2 Å². The lowest BCUT2D eigenvalue weighted by molar-refractivity contribution is 0.302. The lowest BCUT2D eigenvalue weighted by atomic mass is 10.2. The molecule has 0 unspecified atom stereocenters. The van der Waals surface area contributed by atoms with Crippen molar-refractivity contribution in [2.24, 2.45) is 0 Å². The van der Waals surface area contributed by atoms with Crippen LogP contribution in [0.4, 0.5) is 0 Å². The molecule has 3 rings (SSSR count). The quantitative estimate of drug-likeness (QED) is 0.890. The first-order valence-corrected chi connectivity index (χ1v) is 7.42.